The van der Waals surface area contributed by atoms with Crippen LogP contribution >= 0.6 is 0 Å². The topological polar surface area (TPSA) is 80.7 Å². The lowest BCUT2D eigenvalue weighted by atomic mass is 10.0. The zero-order valence-corrected chi connectivity index (χ0v) is 11.4. The van der Waals surface area contributed by atoms with Gasteiger partial charge in [0.05, 0.1) is 0 Å². The van der Waals surface area contributed by atoms with Crippen LogP contribution in [0.1, 0.15) is 31.0 Å². The highest BCUT2D eigenvalue weighted by Crippen LogP contribution is 2.30. The SMILES string of the molecule is CC(C)c1ccccc1Oc1ccnc(C(N)=NO)c1. The van der Waals surface area contributed by atoms with Gasteiger partial charge < -0.3 is 15.7 Å². The summed E-state index contributed by atoms with van der Waals surface area (Å²) < 4.78 is 5.87. The number of pyridine rings is 1. The van der Waals surface area contributed by atoms with Crippen LogP contribution in [0.5, 0.6) is 11.5 Å². The molecule has 1 heterocycles. The van der Waals surface area contributed by atoms with Crippen LogP contribution < -0.4 is 10.5 Å². The van der Waals surface area contributed by atoms with E-state index in [1.165, 1.54) is 0 Å². The van der Waals surface area contributed by atoms with Crippen molar-refractivity contribution in [1.29, 1.82) is 0 Å². The van der Waals surface area contributed by atoms with Gasteiger partial charge in [-0.05, 0) is 23.6 Å². The Morgan fingerprint density at radius 3 is 2.75 bits per heavy atom. The first-order valence-electron chi connectivity index (χ1n) is 6.32. The molecule has 0 spiro atoms. The number of aromatic nitrogens is 1. The molecular formula is C15H17N3O2. The minimum Gasteiger partial charge on any atom is -0.457 e. The monoisotopic (exact) mass is 271 g/mol. The van der Waals surface area contributed by atoms with Crippen molar-refractivity contribution in [3.8, 4) is 11.5 Å². The Labute approximate surface area is 117 Å². The molecule has 0 aliphatic carbocycles. The smallest absolute Gasteiger partial charge is 0.188 e. The van der Waals surface area contributed by atoms with Gasteiger partial charge in [-0.1, -0.05) is 37.2 Å². The van der Waals surface area contributed by atoms with Gasteiger partial charge in [-0.3, -0.25) is 4.98 Å². The summed E-state index contributed by atoms with van der Waals surface area (Å²) in [5.41, 5.74) is 7.00. The van der Waals surface area contributed by atoms with E-state index < -0.39 is 0 Å². The molecule has 0 saturated carbocycles. The highest BCUT2D eigenvalue weighted by molar-refractivity contribution is 5.95. The van der Waals surface area contributed by atoms with Crippen molar-refractivity contribution in [2.45, 2.75) is 19.8 Å². The molecule has 20 heavy (non-hydrogen) atoms. The first-order chi connectivity index (χ1) is 9.61. The molecule has 0 bridgehead atoms. The van der Waals surface area contributed by atoms with Crippen molar-refractivity contribution < 1.29 is 9.94 Å². The van der Waals surface area contributed by atoms with Gasteiger partial charge in [-0.2, -0.15) is 0 Å². The third-order valence-electron chi connectivity index (χ3n) is 2.87. The zero-order chi connectivity index (χ0) is 14.5. The average Bonchev–Trinajstić information content (AvgIpc) is 2.47. The van der Waals surface area contributed by atoms with Crippen LogP contribution in [0.15, 0.2) is 47.8 Å². The van der Waals surface area contributed by atoms with E-state index in [1.54, 1.807) is 18.3 Å². The normalized spacial score (nSPS) is 11.7. The molecule has 0 fully saturated rings. The summed E-state index contributed by atoms with van der Waals surface area (Å²) in [6.45, 7) is 4.22. The molecule has 1 aromatic carbocycles. The molecule has 0 aliphatic rings. The van der Waals surface area contributed by atoms with E-state index in [2.05, 4.69) is 24.0 Å². The van der Waals surface area contributed by atoms with Gasteiger partial charge in [0, 0.05) is 12.3 Å². The standard InChI is InChI=1S/C15H17N3O2/c1-10(2)12-5-3-4-6-14(12)20-11-7-8-17-13(9-11)15(16)18-19/h3-10,19H,1-2H3,(H2,16,18). The van der Waals surface area contributed by atoms with Crippen molar-refractivity contribution in [3.05, 3.63) is 53.9 Å². The van der Waals surface area contributed by atoms with Crippen LogP contribution in [-0.2, 0) is 0 Å². The molecule has 0 radical (unpaired) electrons. The number of hydrogen-bond acceptors (Lipinski definition) is 4. The van der Waals surface area contributed by atoms with E-state index in [0.717, 1.165) is 11.3 Å². The zero-order valence-electron chi connectivity index (χ0n) is 11.4. The maximum Gasteiger partial charge on any atom is 0.188 e. The fraction of sp³-hybridized carbons (Fsp3) is 0.200. The number of benzene rings is 1. The Balaban J connectivity index is 2.31. The Morgan fingerprint density at radius 2 is 2.05 bits per heavy atom. The number of hydrogen-bond donors (Lipinski definition) is 2. The molecular weight excluding hydrogens is 254 g/mol. The summed E-state index contributed by atoms with van der Waals surface area (Å²) in [5, 5.41) is 11.6. The summed E-state index contributed by atoms with van der Waals surface area (Å²) in [6.07, 6.45) is 1.56. The van der Waals surface area contributed by atoms with Crippen molar-refractivity contribution in [1.82, 2.24) is 4.98 Å². The summed E-state index contributed by atoms with van der Waals surface area (Å²) in [6, 6.07) is 11.2. The molecule has 5 heteroatoms. The van der Waals surface area contributed by atoms with Crippen LogP contribution in [0, 0.1) is 0 Å². The molecule has 0 saturated heterocycles. The van der Waals surface area contributed by atoms with Gasteiger partial charge in [0.2, 0.25) is 0 Å². The van der Waals surface area contributed by atoms with Gasteiger partial charge in [-0.25, -0.2) is 0 Å². The second-order valence-corrected chi connectivity index (χ2v) is 4.66. The third-order valence-corrected chi connectivity index (χ3v) is 2.87. The first kappa shape index (κ1) is 13.9. The lowest BCUT2D eigenvalue weighted by Gasteiger charge is -2.13. The molecule has 0 aliphatic heterocycles. The van der Waals surface area contributed by atoms with E-state index in [0.29, 0.717) is 17.4 Å². The lowest BCUT2D eigenvalue weighted by Crippen LogP contribution is -2.14. The largest absolute Gasteiger partial charge is 0.457 e. The molecule has 2 rings (SSSR count). The summed E-state index contributed by atoms with van der Waals surface area (Å²) in [7, 11) is 0. The highest BCUT2D eigenvalue weighted by atomic mass is 16.5. The Bertz CT molecular complexity index is 624. The van der Waals surface area contributed by atoms with Crippen molar-refractivity contribution in [2.75, 3.05) is 0 Å². The van der Waals surface area contributed by atoms with E-state index >= 15 is 0 Å². The maximum absolute atomic E-state index is 8.67. The fourth-order valence-electron chi connectivity index (χ4n) is 1.84. The second kappa shape index (κ2) is 6.06. The molecule has 1 aromatic heterocycles. The van der Waals surface area contributed by atoms with Crippen molar-refractivity contribution >= 4 is 5.84 Å². The third kappa shape index (κ3) is 3.06. The predicted octanol–water partition coefficient (Wildman–Crippen LogP) is 3.09. The van der Waals surface area contributed by atoms with Gasteiger partial charge in [0.25, 0.3) is 0 Å². The fourth-order valence-corrected chi connectivity index (χ4v) is 1.84. The minimum absolute atomic E-state index is 0.0485. The molecule has 2 aromatic rings. The average molecular weight is 271 g/mol. The number of nitrogens with two attached hydrogens (primary N) is 1. The predicted molar refractivity (Wildman–Crippen MR) is 77.4 cm³/mol. The molecule has 0 unspecified atom stereocenters. The van der Waals surface area contributed by atoms with Crippen LogP contribution in [0.2, 0.25) is 0 Å². The van der Waals surface area contributed by atoms with Gasteiger partial charge >= 0.3 is 0 Å². The Hall–Kier alpha value is -2.56. The number of oxime groups is 1. The minimum atomic E-state index is -0.0485. The van der Waals surface area contributed by atoms with E-state index in [4.69, 9.17) is 15.7 Å². The number of para-hydroxylation sites is 1. The van der Waals surface area contributed by atoms with E-state index in [-0.39, 0.29) is 5.84 Å². The van der Waals surface area contributed by atoms with E-state index in [1.807, 2.05) is 24.3 Å². The molecule has 0 atom stereocenters. The van der Waals surface area contributed by atoms with Gasteiger partial charge in [0.1, 0.15) is 17.2 Å². The number of ether oxygens (including phenoxy) is 1. The number of rotatable bonds is 4. The Kier molecular flexibility index (Phi) is 4.20. The van der Waals surface area contributed by atoms with Crippen molar-refractivity contribution in [2.24, 2.45) is 10.9 Å². The number of amidine groups is 1. The summed E-state index contributed by atoms with van der Waals surface area (Å²) in [5.74, 6) is 1.69. The van der Waals surface area contributed by atoms with Crippen LogP contribution in [-0.4, -0.2) is 16.0 Å². The lowest BCUT2D eigenvalue weighted by molar-refractivity contribution is 0.318. The summed E-state index contributed by atoms with van der Waals surface area (Å²) >= 11 is 0. The maximum atomic E-state index is 8.67. The number of nitrogens with zero attached hydrogens (tertiary/aromatic N) is 2. The Morgan fingerprint density at radius 1 is 1.30 bits per heavy atom. The summed E-state index contributed by atoms with van der Waals surface area (Å²) in [4.78, 5) is 4.01. The highest BCUT2D eigenvalue weighted by Gasteiger charge is 2.09. The molecule has 104 valence electrons. The van der Waals surface area contributed by atoms with Crippen LogP contribution in [0.25, 0.3) is 0 Å². The molecule has 5 nitrogen and oxygen atoms in total. The van der Waals surface area contributed by atoms with Crippen LogP contribution in [0.3, 0.4) is 0 Å². The van der Waals surface area contributed by atoms with Crippen LogP contribution in [0.4, 0.5) is 0 Å². The van der Waals surface area contributed by atoms with E-state index in [9.17, 15) is 0 Å². The molecule has 3 N–H and O–H groups in total. The molecule has 0 amide bonds. The second-order valence-electron chi connectivity index (χ2n) is 4.66. The quantitative estimate of drug-likeness (QED) is 0.387. The van der Waals surface area contributed by atoms with Gasteiger partial charge in [-0.15, -0.1) is 0 Å². The van der Waals surface area contributed by atoms with Gasteiger partial charge in [0.15, 0.2) is 5.84 Å². The van der Waals surface area contributed by atoms with Crippen molar-refractivity contribution in [3.63, 3.8) is 0 Å². The first-order valence-corrected chi connectivity index (χ1v) is 6.32.